The van der Waals surface area contributed by atoms with E-state index in [-0.39, 0.29) is 6.61 Å². The highest BCUT2D eigenvalue weighted by molar-refractivity contribution is 5.50. The van der Waals surface area contributed by atoms with E-state index in [0.717, 1.165) is 32.0 Å². The highest BCUT2D eigenvalue weighted by Crippen LogP contribution is 2.33. The molecule has 1 heterocycles. The van der Waals surface area contributed by atoms with Crippen molar-refractivity contribution in [1.82, 2.24) is 0 Å². The van der Waals surface area contributed by atoms with Gasteiger partial charge < -0.3 is 10.0 Å². The van der Waals surface area contributed by atoms with Crippen molar-refractivity contribution in [3.05, 3.63) is 29.8 Å². The zero-order chi connectivity index (χ0) is 13.2. The number of anilines is 1. The number of halogens is 3. The van der Waals surface area contributed by atoms with Crippen LogP contribution in [-0.2, 0) is 6.18 Å². The van der Waals surface area contributed by atoms with Gasteiger partial charge in [0.1, 0.15) is 0 Å². The summed E-state index contributed by atoms with van der Waals surface area (Å²) in [4.78, 5) is 1.95. The average molecular weight is 259 g/mol. The summed E-state index contributed by atoms with van der Waals surface area (Å²) in [6.45, 7) is 1.62. The molecule has 1 N–H and O–H groups in total. The van der Waals surface area contributed by atoms with Gasteiger partial charge >= 0.3 is 6.18 Å². The molecule has 1 aromatic rings. The van der Waals surface area contributed by atoms with Gasteiger partial charge in [0.05, 0.1) is 5.56 Å². The fourth-order valence-corrected chi connectivity index (χ4v) is 2.36. The summed E-state index contributed by atoms with van der Waals surface area (Å²) in [7, 11) is 0. The quantitative estimate of drug-likeness (QED) is 0.902. The average Bonchev–Trinajstić information content (AvgIpc) is 2.77. The molecule has 0 bridgehead atoms. The minimum absolute atomic E-state index is 0.140. The second kappa shape index (κ2) is 5.18. The molecule has 5 heteroatoms. The molecule has 1 aliphatic rings. The molecule has 0 radical (unpaired) electrons. The Morgan fingerprint density at radius 2 is 2.11 bits per heavy atom. The fraction of sp³-hybridized carbons (Fsp3) is 0.538. The molecule has 100 valence electrons. The van der Waals surface area contributed by atoms with Crippen molar-refractivity contribution in [1.29, 1.82) is 0 Å². The Labute approximate surface area is 104 Å². The van der Waals surface area contributed by atoms with Gasteiger partial charge in [-0.15, -0.1) is 0 Å². The van der Waals surface area contributed by atoms with E-state index in [9.17, 15) is 13.2 Å². The van der Waals surface area contributed by atoms with Crippen LogP contribution in [0.2, 0.25) is 0 Å². The minimum Gasteiger partial charge on any atom is -0.396 e. The van der Waals surface area contributed by atoms with Gasteiger partial charge in [0.15, 0.2) is 0 Å². The number of hydrogen-bond donors (Lipinski definition) is 1. The van der Waals surface area contributed by atoms with E-state index < -0.39 is 11.7 Å². The van der Waals surface area contributed by atoms with Crippen molar-refractivity contribution in [3.8, 4) is 0 Å². The van der Waals surface area contributed by atoms with E-state index in [1.807, 2.05) is 4.90 Å². The summed E-state index contributed by atoms with van der Waals surface area (Å²) in [5, 5.41) is 8.87. The molecule has 1 saturated heterocycles. The highest BCUT2D eigenvalue weighted by atomic mass is 19.4. The van der Waals surface area contributed by atoms with E-state index >= 15 is 0 Å². The summed E-state index contributed by atoms with van der Waals surface area (Å²) >= 11 is 0. The maximum atomic E-state index is 12.6. The molecule has 2 nitrogen and oxygen atoms in total. The Morgan fingerprint density at radius 3 is 2.78 bits per heavy atom. The molecule has 1 atom stereocenters. The van der Waals surface area contributed by atoms with Crippen molar-refractivity contribution < 1.29 is 18.3 Å². The van der Waals surface area contributed by atoms with Gasteiger partial charge in [-0.3, -0.25) is 0 Å². The third-order valence-corrected chi connectivity index (χ3v) is 3.36. The molecule has 1 aliphatic heterocycles. The number of aliphatic hydroxyl groups excluding tert-OH is 1. The number of benzene rings is 1. The van der Waals surface area contributed by atoms with Crippen LogP contribution < -0.4 is 4.90 Å². The lowest BCUT2D eigenvalue weighted by Crippen LogP contribution is -2.20. The Kier molecular flexibility index (Phi) is 3.80. The lowest BCUT2D eigenvalue weighted by Gasteiger charge is -2.20. The predicted octanol–water partition coefficient (Wildman–Crippen LogP) is 2.91. The van der Waals surface area contributed by atoms with Crippen molar-refractivity contribution in [2.45, 2.75) is 19.0 Å². The predicted molar refractivity (Wildman–Crippen MR) is 63.5 cm³/mol. The van der Waals surface area contributed by atoms with E-state index in [4.69, 9.17) is 5.11 Å². The van der Waals surface area contributed by atoms with Crippen molar-refractivity contribution in [2.75, 3.05) is 24.6 Å². The molecule has 2 rings (SSSR count). The van der Waals surface area contributed by atoms with Crippen molar-refractivity contribution in [2.24, 2.45) is 5.92 Å². The molecule has 1 fully saturated rings. The third kappa shape index (κ3) is 2.96. The van der Waals surface area contributed by atoms with Crippen LogP contribution in [0.5, 0.6) is 0 Å². The van der Waals surface area contributed by atoms with Gasteiger partial charge in [-0.1, -0.05) is 6.07 Å². The molecule has 0 spiro atoms. The molecule has 0 aliphatic carbocycles. The fourth-order valence-electron chi connectivity index (χ4n) is 2.36. The SMILES string of the molecule is OCCC1CCN(c2cccc(C(F)(F)F)c2)C1. The standard InChI is InChI=1S/C13H16F3NO/c14-13(15,16)11-2-1-3-12(8-11)17-6-4-10(9-17)5-7-18/h1-3,8,10,18H,4-7,9H2. The monoisotopic (exact) mass is 259 g/mol. The first-order chi connectivity index (χ1) is 8.50. The first-order valence-corrected chi connectivity index (χ1v) is 6.04. The molecule has 18 heavy (non-hydrogen) atoms. The van der Waals surface area contributed by atoms with Gasteiger partial charge in [0, 0.05) is 25.4 Å². The van der Waals surface area contributed by atoms with Crippen LogP contribution in [0.15, 0.2) is 24.3 Å². The number of hydrogen-bond acceptors (Lipinski definition) is 2. The lowest BCUT2D eigenvalue weighted by atomic mass is 10.1. The lowest BCUT2D eigenvalue weighted by molar-refractivity contribution is -0.137. The molecule has 0 saturated carbocycles. The van der Waals surface area contributed by atoms with Crippen molar-refractivity contribution >= 4 is 5.69 Å². The number of rotatable bonds is 3. The Balaban J connectivity index is 2.10. The first-order valence-electron chi connectivity index (χ1n) is 6.04. The largest absolute Gasteiger partial charge is 0.416 e. The van der Waals surface area contributed by atoms with Crippen LogP contribution in [0, 0.1) is 5.92 Å². The summed E-state index contributed by atoms with van der Waals surface area (Å²) in [6.07, 6.45) is -2.65. The van der Waals surface area contributed by atoms with Crippen LogP contribution in [0.25, 0.3) is 0 Å². The van der Waals surface area contributed by atoms with Gasteiger partial charge in [-0.25, -0.2) is 0 Å². The molecular weight excluding hydrogens is 243 g/mol. The Bertz CT molecular complexity index is 405. The molecule has 0 amide bonds. The van der Waals surface area contributed by atoms with Crippen LogP contribution in [0.3, 0.4) is 0 Å². The summed E-state index contributed by atoms with van der Waals surface area (Å²) in [5.41, 5.74) is 0.0101. The van der Waals surface area contributed by atoms with Crippen molar-refractivity contribution in [3.63, 3.8) is 0 Å². The van der Waals surface area contributed by atoms with E-state index in [0.29, 0.717) is 11.6 Å². The maximum absolute atomic E-state index is 12.6. The normalized spacial score (nSPS) is 20.4. The topological polar surface area (TPSA) is 23.5 Å². The zero-order valence-electron chi connectivity index (χ0n) is 9.95. The Hall–Kier alpha value is -1.23. The molecule has 1 aromatic carbocycles. The number of nitrogens with zero attached hydrogens (tertiary/aromatic N) is 1. The molecule has 0 aromatic heterocycles. The van der Waals surface area contributed by atoms with Crippen LogP contribution in [-0.4, -0.2) is 24.8 Å². The maximum Gasteiger partial charge on any atom is 0.416 e. The summed E-state index contributed by atoms with van der Waals surface area (Å²) in [5.74, 6) is 0.379. The summed E-state index contributed by atoms with van der Waals surface area (Å²) in [6, 6.07) is 5.43. The van der Waals surface area contributed by atoms with Crippen LogP contribution in [0.1, 0.15) is 18.4 Å². The van der Waals surface area contributed by atoms with Gasteiger partial charge in [0.25, 0.3) is 0 Å². The highest BCUT2D eigenvalue weighted by Gasteiger charge is 2.31. The van der Waals surface area contributed by atoms with Crippen LogP contribution >= 0.6 is 0 Å². The van der Waals surface area contributed by atoms with Gasteiger partial charge in [-0.2, -0.15) is 13.2 Å². The smallest absolute Gasteiger partial charge is 0.396 e. The second-order valence-electron chi connectivity index (χ2n) is 4.66. The Morgan fingerprint density at radius 1 is 1.33 bits per heavy atom. The second-order valence-corrected chi connectivity index (χ2v) is 4.66. The van der Waals surface area contributed by atoms with Gasteiger partial charge in [-0.05, 0) is 37.0 Å². The van der Waals surface area contributed by atoms with E-state index in [2.05, 4.69) is 0 Å². The van der Waals surface area contributed by atoms with Crippen LogP contribution in [0.4, 0.5) is 18.9 Å². The molecular formula is C13H16F3NO. The zero-order valence-corrected chi connectivity index (χ0v) is 9.95. The van der Waals surface area contributed by atoms with Gasteiger partial charge in [0.2, 0.25) is 0 Å². The number of aliphatic hydroxyl groups is 1. The number of alkyl halides is 3. The first kappa shape index (κ1) is 13.2. The summed E-state index contributed by atoms with van der Waals surface area (Å²) < 4.78 is 37.8. The third-order valence-electron chi connectivity index (χ3n) is 3.36. The minimum atomic E-state index is -4.29. The molecule has 1 unspecified atom stereocenters. The van der Waals surface area contributed by atoms with E-state index in [1.54, 1.807) is 6.07 Å². The van der Waals surface area contributed by atoms with E-state index in [1.165, 1.54) is 12.1 Å².